The Labute approximate surface area is 120 Å². The maximum Gasteiger partial charge on any atom is 0.231 e. The van der Waals surface area contributed by atoms with E-state index in [1.165, 1.54) is 0 Å². The number of benzene rings is 1. The van der Waals surface area contributed by atoms with Crippen LogP contribution in [0.15, 0.2) is 18.2 Å². The number of amides is 1. The van der Waals surface area contributed by atoms with Crippen LogP contribution in [0.5, 0.6) is 11.5 Å². The first kappa shape index (κ1) is 16.3. The van der Waals surface area contributed by atoms with E-state index in [-0.39, 0.29) is 24.2 Å². The molecule has 5 nitrogen and oxygen atoms in total. The molecule has 0 aromatic heterocycles. The number of ether oxygens (including phenoxy) is 1. The van der Waals surface area contributed by atoms with Crippen molar-refractivity contribution in [1.82, 2.24) is 4.90 Å². The Balaban J connectivity index is 2.77. The summed E-state index contributed by atoms with van der Waals surface area (Å²) in [6, 6.07) is 5.41. The molecular formula is C15H24N2O3. The lowest BCUT2D eigenvalue weighted by Gasteiger charge is -2.25. The van der Waals surface area contributed by atoms with Crippen molar-refractivity contribution in [3.8, 4) is 11.5 Å². The van der Waals surface area contributed by atoms with Crippen molar-refractivity contribution in [1.29, 1.82) is 0 Å². The first-order valence-electron chi connectivity index (χ1n) is 6.91. The topological polar surface area (TPSA) is 75.8 Å². The van der Waals surface area contributed by atoms with Gasteiger partial charge in [0.1, 0.15) is 11.5 Å². The number of phenols is 1. The van der Waals surface area contributed by atoms with Crippen molar-refractivity contribution < 1.29 is 14.6 Å². The van der Waals surface area contributed by atoms with E-state index < -0.39 is 0 Å². The molecule has 0 saturated carbocycles. The molecule has 0 heterocycles. The van der Waals surface area contributed by atoms with E-state index in [4.69, 9.17) is 10.5 Å². The molecule has 0 aliphatic rings. The molecule has 0 aliphatic heterocycles. The van der Waals surface area contributed by atoms with Gasteiger partial charge in [-0.05, 0) is 26.3 Å². The zero-order valence-corrected chi connectivity index (χ0v) is 12.4. The Bertz CT molecular complexity index is 447. The second kappa shape index (κ2) is 7.75. The van der Waals surface area contributed by atoms with Gasteiger partial charge >= 0.3 is 0 Å². The van der Waals surface area contributed by atoms with Crippen molar-refractivity contribution in [3.05, 3.63) is 23.8 Å². The summed E-state index contributed by atoms with van der Waals surface area (Å²) in [6.45, 7) is 7.26. The Morgan fingerprint density at radius 3 is 2.65 bits per heavy atom. The fraction of sp³-hybridized carbons (Fsp3) is 0.533. The Hall–Kier alpha value is -1.75. The molecular weight excluding hydrogens is 256 g/mol. The monoisotopic (exact) mass is 280 g/mol. The fourth-order valence-electron chi connectivity index (χ4n) is 1.83. The predicted octanol–water partition coefficient (Wildman–Crippen LogP) is 1.88. The molecule has 0 radical (unpaired) electrons. The van der Waals surface area contributed by atoms with Crippen molar-refractivity contribution in [2.24, 2.45) is 5.73 Å². The molecule has 0 atom stereocenters. The van der Waals surface area contributed by atoms with Gasteiger partial charge in [0, 0.05) is 24.2 Å². The SMILES string of the molecule is CCCOc1ccc(CN(CC(N)=O)C(C)C)c(O)c1. The molecule has 1 amide bonds. The third-order valence-electron chi connectivity index (χ3n) is 2.99. The minimum Gasteiger partial charge on any atom is -0.507 e. The van der Waals surface area contributed by atoms with E-state index in [1.807, 2.05) is 37.8 Å². The summed E-state index contributed by atoms with van der Waals surface area (Å²) in [5.74, 6) is 0.453. The third-order valence-corrected chi connectivity index (χ3v) is 2.99. The number of hydrogen-bond donors (Lipinski definition) is 2. The van der Waals surface area contributed by atoms with Crippen LogP contribution in [-0.2, 0) is 11.3 Å². The quantitative estimate of drug-likeness (QED) is 0.762. The highest BCUT2D eigenvalue weighted by Gasteiger charge is 2.15. The van der Waals surface area contributed by atoms with Crippen LogP contribution in [0.3, 0.4) is 0 Å². The molecule has 20 heavy (non-hydrogen) atoms. The summed E-state index contributed by atoms with van der Waals surface area (Å²) in [7, 11) is 0. The predicted molar refractivity (Wildman–Crippen MR) is 78.6 cm³/mol. The summed E-state index contributed by atoms with van der Waals surface area (Å²) in [4.78, 5) is 13.0. The van der Waals surface area contributed by atoms with Crippen LogP contribution in [0.2, 0.25) is 0 Å². The van der Waals surface area contributed by atoms with Crippen LogP contribution in [0.4, 0.5) is 0 Å². The molecule has 0 fully saturated rings. The van der Waals surface area contributed by atoms with Gasteiger partial charge in [0.05, 0.1) is 13.2 Å². The summed E-state index contributed by atoms with van der Waals surface area (Å²) in [6.07, 6.45) is 0.919. The molecule has 1 aromatic carbocycles. The Morgan fingerprint density at radius 1 is 1.45 bits per heavy atom. The number of primary amides is 1. The van der Waals surface area contributed by atoms with Crippen LogP contribution < -0.4 is 10.5 Å². The number of rotatable bonds is 8. The number of nitrogens with two attached hydrogens (primary N) is 1. The van der Waals surface area contributed by atoms with Gasteiger partial charge in [-0.2, -0.15) is 0 Å². The normalized spacial score (nSPS) is 11.1. The van der Waals surface area contributed by atoms with Gasteiger partial charge in [-0.25, -0.2) is 0 Å². The van der Waals surface area contributed by atoms with Crippen molar-refractivity contribution in [2.75, 3.05) is 13.2 Å². The van der Waals surface area contributed by atoms with E-state index in [2.05, 4.69) is 0 Å². The molecule has 0 aliphatic carbocycles. The minimum absolute atomic E-state index is 0.165. The lowest BCUT2D eigenvalue weighted by Crippen LogP contribution is -2.37. The van der Waals surface area contributed by atoms with Crippen LogP contribution in [0, 0.1) is 0 Å². The van der Waals surface area contributed by atoms with E-state index >= 15 is 0 Å². The average molecular weight is 280 g/mol. The highest BCUT2D eigenvalue weighted by Crippen LogP contribution is 2.25. The summed E-state index contributed by atoms with van der Waals surface area (Å²) in [5, 5.41) is 10.0. The van der Waals surface area contributed by atoms with Crippen molar-refractivity contribution in [2.45, 2.75) is 39.8 Å². The summed E-state index contributed by atoms with van der Waals surface area (Å²) >= 11 is 0. The largest absolute Gasteiger partial charge is 0.507 e. The lowest BCUT2D eigenvalue weighted by atomic mass is 10.1. The minimum atomic E-state index is -0.374. The number of nitrogens with zero attached hydrogens (tertiary/aromatic N) is 1. The molecule has 1 rings (SSSR count). The Morgan fingerprint density at radius 2 is 2.15 bits per heavy atom. The van der Waals surface area contributed by atoms with Crippen molar-refractivity contribution >= 4 is 5.91 Å². The smallest absolute Gasteiger partial charge is 0.231 e. The molecule has 0 saturated heterocycles. The lowest BCUT2D eigenvalue weighted by molar-refractivity contribution is -0.119. The number of aromatic hydroxyl groups is 1. The average Bonchev–Trinajstić information content (AvgIpc) is 2.37. The van der Waals surface area contributed by atoms with Crippen LogP contribution in [-0.4, -0.2) is 35.1 Å². The van der Waals surface area contributed by atoms with E-state index in [0.717, 1.165) is 12.0 Å². The van der Waals surface area contributed by atoms with Gasteiger partial charge in [-0.3, -0.25) is 9.69 Å². The van der Waals surface area contributed by atoms with E-state index in [0.29, 0.717) is 18.9 Å². The maximum absolute atomic E-state index is 11.1. The molecule has 3 N–H and O–H groups in total. The van der Waals surface area contributed by atoms with Crippen LogP contribution in [0.25, 0.3) is 0 Å². The first-order valence-corrected chi connectivity index (χ1v) is 6.91. The summed E-state index contributed by atoms with van der Waals surface area (Å²) < 4.78 is 5.46. The summed E-state index contributed by atoms with van der Waals surface area (Å²) in [5.41, 5.74) is 5.99. The number of carbonyl (C=O) groups is 1. The maximum atomic E-state index is 11.1. The van der Waals surface area contributed by atoms with E-state index in [1.54, 1.807) is 6.07 Å². The van der Waals surface area contributed by atoms with Gasteiger partial charge in [0.15, 0.2) is 0 Å². The zero-order valence-electron chi connectivity index (χ0n) is 12.4. The molecule has 0 bridgehead atoms. The highest BCUT2D eigenvalue weighted by molar-refractivity contribution is 5.75. The van der Waals surface area contributed by atoms with Crippen LogP contribution in [0.1, 0.15) is 32.8 Å². The van der Waals surface area contributed by atoms with Gasteiger partial charge in [0.2, 0.25) is 5.91 Å². The number of hydrogen-bond acceptors (Lipinski definition) is 4. The molecule has 5 heteroatoms. The molecule has 0 unspecified atom stereocenters. The van der Waals surface area contributed by atoms with Crippen molar-refractivity contribution in [3.63, 3.8) is 0 Å². The second-order valence-electron chi connectivity index (χ2n) is 5.10. The van der Waals surface area contributed by atoms with Gasteiger partial charge in [0.25, 0.3) is 0 Å². The molecule has 1 aromatic rings. The highest BCUT2D eigenvalue weighted by atomic mass is 16.5. The standard InChI is InChI=1S/C15H24N2O3/c1-4-7-20-13-6-5-12(14(18)8-13)9-17(11(2)3)10-15(16)19/h5-6,8,11,18H,4,7,9-10H2,1-3H3,(H2,16,19). The molecule has 112 valence electrons. The molecule has 0 spiro atoms. The van der Waals surface area contributed by atoms with Gasteiger partial charge in [-0.15, -0.1) is 0 Å². The van der Waals surface area contributed by atoms with Gasteiger partial charge in [-0.1, -0.05) is 13.0 Å². The first-order chi connectivity index (χ1) is 9.43. The number of carbonyl (C=O) groups excluding carboxylic acids is 1. The second-order valence-corrected chi connectivity index (χ2v) is 5.10. The Kier molecular flexibility index (Phi) is 6.31. The zero-order chi connectivity index (χ0) is 15.1. The number of phenolic OH excluding ortho intramolecular Hbond substituents is 1. The third kappa shape index (κ3) is 5.09. The fourth-order valence-corrected chi connectivity index (χ4v) is 1.83. The van der Waals surface area contributed by atoms with Crippen LogP contribution >= 0.6 is 0 Å². The van der Waals surface area contributed by atoms with Gasteiger partial charge < -0.3 is 15.6 Å². The van der Waals surface area contributed by atoms with E-state index in [9.17, 15) is 9.90 Å².